The summed E-state index contributed by atoms with van der Waals surface area (Å²) >= 11 is 1.59. The quantitative estimate of drug-likeness (QED) is 0.760. The topological polar surface area (TPSA) is 70.8 Å². The van der Waals surface area contributed by atoms with Crippen LogP contribution in [-0.2, 0) is 6.54 Å². The molecule has 3 aromatic heterocycles. The van der Waals surface area contributed by atoms with E-state index in [-0.39, 0.29) is 12.4 Å². The van der Waals surface area contributed by atoms with Gasteiger partial charge in [0.15, 0.2) is 5.13 Å². The van der Waals surface area contributed by atoms with E-state index in [0.29, 0.717) is 11.0 Å². The van der Waals surface area contributed by atoms with Gasteiger partial charge in [0.25, 0.3) is 0 Å². The minimum Gasteiger partial charge on any atom is -0.375 e. The zero-order valence-electron chi connectivity index (χ0n) is 12.7. The molecule has 0 amide bonds. The number of fused-ring (bicyclic) bond motifs is 1. The third-order valence-electron chi connectivity index (χ3n) is 4.46. The lowest BCUT2D eigenvalue weighted by Gasteiger charge is -2.31. The minimum atomic E-state index is 0. The summed E-state index contributed by atoms with van der Waals surface area (Å²) in [6.45, 7) is 3.21. The molecule has 3 N–H and O–H groups in total. The lowest BCUT2D eigenvalue weighted by molar-refractivity contribution is 0.206. The van der Waals surface area contributed by atoms with E-state index in [1.165, 1.54) is 28.7 Å². The van der Waals surface area contributed by atoms with Crippen molar-refractivity contribution < 1.29 is 0 Å². The van der Waals surface area contributed by atoms with Crippen LogP contribution in [-0.4, -0.2) is 32.9 Å². The first kappa shape index (κ1) is 16.2. The van der Waals surface area contributed by atoms with Crippen molar-refractivity contribution in [3.05, 3.63) is 41.2 Å². The SMILES string of the molecule is Cl.Nc1ncc(CN2CCC(c3c[nH]c4ncccc34)CC2)s1. The number of rotatable bonds is 3. The van der Waals surface area contributed by atoms with E-state index >= 15 is 0 Å². The van der Waals surface area contributed by atoms with Crippen molar-refractivity contribution in [2.24, 2.45) is 0 Å². The number of anilines is 1. The van der Waals surface area contributed by atoms with Crippen LogP contribution < -0.4 is 5.73 Å². The number of H-pyrrole nitrogens is 1. The molecule has 0 aromatic carbocycles. The maximum absolute atomic E-state index is 5.70. The number of halogens is 1. The number of nitrogens with zero attached hydrogens (tertiary/aromatic N) is 3. The molecule has 4 heterocycles. The average molecular weight is 350 g/mol. The van der Waals surface area contributed by atoms with Gasteiger partial charge >= 0.3 is 0 Å². The number of nitrogens with one attached hydrogen (secondary N) is 1. The zero-order chi connectivity index (χ0) is 14.9. The van der Waals surface area contributed by atoms with E-state index in [9.17, 15) is 0 Å². The van der Waals surface area contributed by atoms with Crippen molar-refractivity contribution in [2.45, 2.75) is 25.3 Å². The Balaban J connectivity index is 0.00000156. The molecule has 1 saturated heterocycles. The third-order valence-corrected chi connectivity index (χ3v) is 5.27. The first-order valence-electron chi connectivity index (χ1n) is 7.64. The molecule has 0 saturated carbocycles. The maximum Gasteiger partial charge on any atom is 0.180 e. The molecule has 0 unspecified atom stereocenters. The van der Waals surface area contributed by atoms with Gasteiger partial charge in [-0.25, -0.2) is 9.97 Å². The van der Waals surface area contributed by atoms with Crippen molar-refractivity contribution in [1.29, 1.82) is 0 Å². The van der Waals surface area contributed by atoms with E-state index in [0.717, 1.165) is 25.3 Å². The Morgan fingerprint density at radius 1 is 1.30 bits per heavy atom. The monoisotopic (exact) mass is 349 g/mol. The molecule has 1 fully saturated rings. The van der Waals surface area contributed by atoms with Gasteiger partial charge in [0.1, 0.15) is 5.65 Å². The van der Waals surface area contributed by atoms with Gasteiger partial charge in [-0.3, -0.25) is 4.90 Å². The number of nitrogens with two attached hydrogens (primary N) is 1. The molecular weight excluding hydrogens is 330 g/mol. The lowest BCUT2D eigenvalue weighted by Crippen LogP contribution is -2.32. The summed E-state index contributed by atoms with van der Waals surface area (Å²) in [7, 11) is 0. The summed E-state index contributed by atoms with van der Waals surface area (Å²) < 4.78 is 0. The maximum atomic E-state index is 5.70. The van der Waals surface area contributed by atoms with Gasteiger partial charge in [-0.15, -0.1) is 23.7 Å². The molecule has 0 radical (unpaired) electrons. The number of thiazole rings is 1. The van der Waals surface area contributed by atoms with Crippen LogP contribution in [0.15, 0.2) is 30.7 Å². The highest BCUT2D eigenvalue weighted by molar-refractivity contribution is 7.15. The molecule has 3 aromatic rings. The molecule has 7 heteroatoms. The third kappa shape index (κ3) is 3.34. The van der Waals surface area contributed by atoms with Gasteiger partial charge in [0, 0.05) is 35.4 Å². The number of likely N-dealkylation sites (tertiary alicyclic amines) is 1. The lowest BCUT2D eigenvalue weighted by atomic mass is 9.89. The fraction of sp³-hybridized carbons (Fsp3) is 0.375. The highest BCUT2D eigenvalue weighted by atomic mass is 35.5. The van der Waals surface area contributed by atoms with Crippen molar-refractivity contribution in [1.82, 2.24) is 19.9 Å². The van der Waals surface area contributed by atoms with E-state index in [1.807, 2.05) is 18.5 Å². The van der Waals surface area contributed by atoms with Gasteiger partial charge in [-0.2, -0.15) is 0 Å². The summed E-state index contributed by atoms with van der Waals surface area (Å²) in [5, 5.41) is 1.94. The Morgan fingerprint density at radius 3 is 2.87 bits per heavy atom. The normalized spacial score (nSPS) is 16.5. The highest BCUT2D eigenvalue weighted by Gasteiger charge is 2.23. The number of piperidine rings is 1. The molecule has 4 rings (SSSR count). The highest BCUT2D eigenvalue weighted by Crippen LogP contribution is 2.33. The Hall–Kier alpha value is -1.63. The molecule has 0 aliphatic carbocycles. The number of hydrogen-bond acceptors (Lipinski definition) is 5. The van der Waals surface area contributed by atoms with Crippen LogP contribution in [0.3, 0.4) is 0 Å². The van der Waals surface area contributed by atoms with Crippen molar-refractivity contribution in [3.8, 4) is 0 Å². The van der Waals surface area contributed by atoms with Crippen LogP contribution in [0.25, 0.3) is 11.0 Å². The summed E-state index contributed by atoms with van der Waals surface area (Å²) in [5.74, 6) is 0.626. The summed E-state index contributed by atoms with van der Waals surface area (Å²) in [6.07, 6.45) is 8.26. The van der Waals surface area contributed by atoms with E-state index < -0.39 is 0 Å². The van der Waals surface area contributed by atoms with Gasteiger partial charge in [0.2, 0.25) is 0 Å². The second-order valence-corrected chi connectivity index (χ2v) is 7.01. The molecule has 23 heavy (non-hydrogen) atoms. The van der Waals surface area contributed by atoms with Gasteiger partial charge in [-0.1, -0.05) is 0 Å². The Bertz CT molecular complexity index is 775. The molecule has 5 nitrogen and oxygen atoms in total. The van der Waals surface area contributed by atoms with Crippen LogP contribution in [0.1, 0.15) is 29.2 Å². The number of pyridine rings is 1. The van der Waals surface area contributed by atoms with Crippen LogP contribution in [0, 0.1) is 0 Å². The predicted molar refractivity (Wildman–Crippen MR) is 97.1 cm³/mol. The largest absolute Gasteiger partial charge is 0.375 e. The van der Waals surface area contributed by atoms with Crippen molar-refractivity contribution >= 4 is 39.9 Å². The summed E-state index contributed by atoms with van der Waals surface area (Å²) in [6, 6.07) is 4.18. The van der Waals surface area contributed by atoms with Crippen LogP contribution in [0.5, 0.6) is 0 Å². The molecule has 122 valence electrons. The predicted octanol–water partition coefficient (Wildman–Crippen LogP) is 3.40. The Kier molecular flexibility index (Phi) is 4.84. The Labute approximate surface area is 145 Å². The average Bonchev–Trinajstić information content (AvgIpc) is 3.14. The second kappa shape index (κ2) is 6.86. The van der Waals surface area contributed by atoms with Crippen molar-refractivity contribution in [2.75, 3.05) is 18.8 Å². The van der Waals surface area contributed by atoms with Crippen LogP contribution >= 0.6 is 23.7 Å². The van der Waals surface area contributed by atoms with E-state index in [1.54, 1.807) is 11.3 Å². The summed E-state index contributed by atoms with van der Waals surface area (Å²) in [4.78, 5) is 15.6. The smallest absolute Gasteiger partial charge is 0.180 e. The fourth-order valence-electron chi connectivity index (χ4n) is 3.33. The Morgan fingerprint density at radius 2 is 2.13 bits per heavy atom. The molecule has 1 aliphatic heterocycles. The van der Waals surface area contributed by atoms with Crippen molar-refractivity contribution in [3.63, 3.8) is 0 Å². The van der Waals surface area contributed by atoms with Crippen LogP contribution in [0.2, 0.25) is 0 Å². The van der Waals surface area contributed by atoms with Gasteiger partial charge in [0.05, 0.1) is 0 Å². The first-order chi connectivity index (χ1) is 10.8. The molecular formula is C16H20ClN5S. The zero-order valence-corrected chi connectivity index (χ0v) is 14.4. The standard InChI is InChI=1S/C16H19N5S.ClH/c17-16-20-8-12(22-16)10-21-6-3-11(4-7-21)14-9-19-15-13(14)2-1-5-18-15;/h1-2,5,8-9,11H,3-4,6-7,10H2,(H2,17,20)(H,18,19);1H. The summed E-state index contributed by atoms with van der Waals surface area (Å²) in [5.41, 5.74) is 8.12. The molecule has 1 aliphatic rings. The van der Waals surface area contributed by atoms with E-state index in [2.05, 4.69) is 32.1 Å². The number of nitrogen functional groups attached to an aromatic ring is 1. The number of aromatic nitrogens is 3. The van der Waals surface area contributed by atoms with Crippen LogP contribution in [0.4, 0.5) is 5.13 Å². The van der Waals surface area contributed by atoms with E-state index in [4.69, 9.17) is 5.73 Å². The second-order valence-electron chi connectivity index (χ2n) is 5.86. The number of hydrogen-bond donors (Lipinski definition) is 2. The minimum absolute atomic E-state index is 0. The molecule has 0 bridgehead atoms. The number of aromatic amines is 1. The molecule has 0 spiro atoms. The van der Waals surface area contributed by atoms with Gasteiger partial charge < -0.3 is 10.7 Å². The fourth-order valence-corrected chi connectivity index (χ4v) is 4.06. The van der Waals surface area contributed by atoms with Gasteiger partial charge in [-0.05, 0) is 49.5 Å². The first-order valence-corrected chi connectivity index (χ1v) is 8.46. The molecule has 0 atom stereocenters.